The van der Waals surface area contributed by atoms with E-state index in [-0.39, 0.29) is 24.0 Å². The smallest absolute Gasteiger partial charge is 0.225 e. The Morgan fingerprint density at radius 3 is 2.25 bits per heavy atom. The lowest BCUT2D eigenvalue weighted by molar-refractivity contribution is -0.137. The number of carbonyl (C=O) groups excluding carboxylic acids is 2. The van der Waals surface area contributed by atoms with Gasteiger partial charge in [0.2, 0.25) is 5.91 Å². The van der Waals surface area contributed by atoms with Crippen LogP contribution in [-0.4, -0.2) is 49.3 Å². The molecule has 1 aromatic carbocycles. The fourth-order valence-corrected chi connectivity index (χ4v) is 3.42. The van der Waals surface area contributed by atoms with Crippen LogP contribution in [0.25, 0.3) is 0 Å². The van der Waals surface area contributed by atoms with E-state index in [0.29, 0.717) is 49.2 Å². The van der Waals surface area contributed by atoms with Crippen LogP contribution in [-0.2, 0) is 9.59 Å². The van der Waals surface area contributed by atoms with Gasteiger partial charge in [-0.05, 0) is 24.7 Å². The quantitative estimate of drug-likeness (QED) is 0.834. The summed E-state index contributed by atoms with van der Waals surface area (Å²) in [5.41, 5.74) is 6.34. The maximum absolute atomic E-state index is 12.5. The summed E-state index contributed by atoms with van der Waals surface area (Å²) in [6, 6.07) is 5.45. The standard InChI is InChI=1S/C17H23Cl2N3O2/c1-12(8-16(23)2-3-20)17(24)22-6-4-21(5-7-22)15-10-13(18)9-14(19)11-15/h9-12H,2-8,20H2,1H3. The van der Waals surface area contributed by atoms with Gasteiger partial charge in [0.25, 0.3) is 0 Å². The molecular weight excluding hydrogens is 349 g/mol. The number of carbonyl (C=O) groups is 2. The van der Waals surface area contributed by atoms with Crippen LogP contribution < -0.4 is 10.6 Å². The molecule has 0 saturated carbocycles. The molecule has 1 unspecified atom stereocenters. The highest BCUT2D eigenvalue weighted by Gasteiger charge is 2.26. The number of hydrogen-bond acceptors (Lipinski definition) is 4. The summed E-state index contributed by atoms with van der Waals surface area (Å²) < 4.78 is 0. The van der Waals surface area contributed by atoms with Crippen LogP contribution in [0.5, 0.6) is 0 Å². The van der Waals surface area contributed by atoms with E-state index in [4.69, 9.17) is 28.9 Å². The largest absolute Gasteiger partial charge is 0.368 e. The number of nitrogens with zero attached hydrogens (tertiary/aromatic N) is 2. The van der Waals surface area contributed by atoms with Crippen molar-refractivity contribution in [2.75, 3.05) is 37.6 Å². The third-order valence-corrected chi connectivity index (χ3v) is 4.62. The van der Waals surface area contributed by atoms with Gasteiger partial charge >= 0.3 is 0 Å². The Morgan fingerprint density at radius 1 is 1.12 bits per heavy atom. The molecule has 0 aromatic heterocycles. The van der Waals surface area contributed by atoms with Crippen molar-refractivity contribution in [1.29, 1.82) is 0 Å². The number of halogens is 2. The summed E-state index contributed by atoms with van der Waals surface area (Å²) in [7, 11) is 0. The summed E-state index contributed by atoms with van der Waals surface area (Å²) in [5.74, 6) is -0.217. The normalized spacial score (nSPS) is 16.2. The topological polar surface area (TPSA) is 66.6 Å². The van der Waals surface area contributed by atoms with Crippen molar-refractivity contribution in [3.63, 3.8) is 0 Å². The molecule has 1 aromatic rings. The van der Waals surface area contributed by atoms with Crippen molar-refractivity contribution >= 4 is 40.6 Å². The van der Waals surface area contributed by atoms with E-state index in [0.717, 1.165) is 5.69 Å². The molecule has 1 heterocycles. The van der Waals surface area contributed by atoms with Crippen LogP contribution in [0.1, 0.15) is 19.8 Å². The minimum atomic E-state index is -0.295. The molecule has 1 aliphatic heterocycles. The Balaban J connectivity index is 1.89. The molecule has 0 bridgehead atoms. The zero-order valence-corrected chi connectivity index (χ0v) is 15.3. The summed E-state index contributed by atoms with van der Waals surface area (Å²) >= 11 is 12.1. The molecule has 2 N–H and O–H groups in total. The average molecular weight is 372 g/mol. The van der Waals surface area contributed by atoms with Crippen LogP contribution in [0.15, 0.2) is 18.2 Å². The third-order valence-electron chi connectivity index (χ3n) is 4.18. The first kappa shape index (κ1) is 19.0. The number of hydrogen-bond donors (Lipinski definition) is 1. The number of amides is 1. The molecule has 0 aliphatic carbocycles. The van der Waals surface area contributed by atoms with Crippen molar-refractivity contribution in [3.8, 4) is 0 Å². The monoisotopic (exact) mass is 371 g/mol. The number of nitrogens with two attached hydrogens (primary N) is 1. The number of Topliss-reactive ketones (excluding diaryl/α,β-unsaturated/α-hetero) is 1. The zero-order chi connectivity index (χ0) is 17.7. The van der Waals surface area contributed by atoms with Gasteiger partial charge in [-0.15, -0.1) is 0 Å². The van der Waals surface area contributed by atoms with E-state index in [1.54, 1.807) is 13.0 Å². The number of piperazine rings is 1. The molecule has 1 amide bonds. The fraction of sp³-hybridized carbons (Fsp3) is 0.529. The first-order chi connectivity index (χ1) is 11.4. The summed E-state index contributed by atoms with van der Waals surface area (Å²) in [6.07, 6.45) is 0.598. The van der Waals surface area contributed by atoms with Gasteiger partial charge in [0, 0.05) is 60.7 Å². The molecule has 1 aliphatic rings. The molecular formula is C17H23Cl2N3O2. The molecule has 1 fully saturated rings. The number of rotatable bonds is 6. The fourth-order valence-electron chi connectivity index (χ4n) is 2.91. The predicted molar refractivity (Wildman–Crippen MR) is 97.7 cm³/mol. The highest BCUT2D eigenvalue weighted by molar-refractivity contribution is 6.35. The summed E-state index contributed by atoms with van der Waals surface area (Å²) in [6.45, 7) is 4.81. The van der Waals surface area contributed by atoms with Crippen LogP contribution in [0, 0.1) is 5.92 Å². The van der Waals surface area contributed by atoms with Gasteiger partial charge in [-0.1, -0.05) is 30.1 Å². The van der Waals surface area contributed by atoms with Gasteiger partial charge in [-0.25, -0.2) is 0 Å². The number of anilines is 1. The first-order valence-electron chi connectivity index (χ1n) is 8.12. The first-order valence-corrected chi connectivity index (χ1v) is 8.88. The maximum Gasteiger partial charge on any atom is 0.225 e. The third kappa shape index (κ3) is 5.10. The van der Waals surface area contributed by atoms with E-state index < -0.39 is 0 Å². The van der Waals surface area contributed by atoms with Gasteiger partial charge < -0.3 is 15.5 Å². The highest BCUT2D eigenvalue weighted by Crippen LogP contribution is 2.26. The predicted octanol–water partition coefficient (Wildman–Crippen LogP) is 2.59. The summed E-state index contributed by atoms with van der Waals surface area (Å²) in [5, 5.41) is 1.20. The minimum Gasteiger partial charge on any atom is -0.368 e. The number of benzene rings is 1. The van der Waals surface area contributed by atoms with Crippen LogP contribution in [0.2, 0.25) is 10.0 Å². The highest BCUT2D eigenvalue weighted by atomic mass is 35.5. The van der Waals surface area contributed by atoms with Gasteiger partial charge in [-0.2, -0.15) is 0 Å². The Bertz CT molecular complexity index is 581. The minimum absolute atomic E-state index is 0.0316. The van der Waals surface area contributed by atoms with Gasteiger partial charge in [0.1, 0.15) is 5.78 Å². The van der Waals surface area contributed by atoms with Gasteiger partial charge in [0.15, 0.2) is 0 Å². The Kier molecular flexibility index (Phi) is 6.90. The van der Waals surface area contributed by atoms with Crippen molar-refractivity contribution < 1.29 is 9.59 Å². The van der Waals surface area contributed by atoms with Crippen molar-refractivity contribution in [1.82, 2.24) is 4.90 Å². The molecule has 24 heavy (non-hydrogen) atoms. The van der Waals surface area contributed by atoms with E-state index in [2.05, 4.69) is 4.90 Å². The number of ketones is 1. The lowest BCUT2D eigenvalue weighted by Gasteiger charge is -2.37. The zero-order valence-electron chi connectivity index (χ0n) is 13.8. The summed E-state index contributed by atoms with van der Waals surface area (Å²) in [4.78, 5) is 28.1. The average Bonchev–Trinajstić information content (AvgIpc) is 2.53. The maximum atomic E-state index is 12.5. The van der Waals surface area contributed by atoms with E-state index in [1.807, 2.05) is 17.0 Å². The van der Waals surface area contributed by atoms with Crippen molar-refractivity contribution in [3.05, 3.63) is 28.2 Å². The van der Waals surface area contributed by atoms with Crippen molar-refractivity contribution in [2.24, 2.45) is 11.7 Å². The molecule has 7 heteroatoms. The SMILES string of the molecule is CC(CC(=O)CCN)C(=O)N1CCN(c2cc(Cl)cc(Cl)c2)CC1. The molecule has 2 rings (SSSR count). The van der Waals surface area contributed by atoms with E-state index in [1.165, 1.54) is 0 Å². The molecule has 0 radical (unpaired) electrons. The second-order valence-electron chi connectivity index (χ2n) is 6.12. The van der Waals surface area contributed by atoms with Crippen LogP contribution in [0.3, 0.4) is 0 Å². The Labute approximate surface area is 152 Å². The second kappa shape index (κ2) is 8.70. The Morgan fingerprint density at radius 2 is 1.71 bits per heavy atom. The van der Waals surface area contributed by atoms with Gasteiger partial charge in [-0.3, -0.25) is 9.59 Å². The Hall–Kier alpha value is -1.30. The lowest BCUT2D eigenvalue weighted by Crippen LogP contribution is -2.50. The molecule has 1 saturated heterocycles. The van der Waals surface area contributed by atoms with Gasteiger partial charge in [0.05, 0.1) is 0 Å². The van der Waals surface area contributed by atoms with E-state index >= 15 is 0 Å². The van der Waals surface area contributed by atoms with Crippen molar-refractivity contribution in [2.45, 2.75) is 19.8 Å². The molecule has 1 atom stereocenters. The lowest BCUT2D eigenvalue weighted by atomic mass is 10.0. The van der Waals surface area contributed by atoms with E-state index in [9.17, 15) is 9.59 Å². The molecule has 132 valence electrons. The van der Waals surface area contributed by atoms with Crippen LogP contribution >= 0.6 is 23.2 Å². The second-order valence-corrected chi connectivity index (χ2v) is 7.00. The molecule has 0 spiro atoms. The van der Waals surface area contributed by atoms with Crippen LogP contribution in [0.4, 0.5) is 5.69 Å². The molecule has 5 nitrogen and oxygen atoms in total.